The number of carbonyl (C=O) groups is 3. The Morgan fingerprint density at radius 1 is 1.10 bits per heavy atom. The maximum absolute atomic E-state index is 11.7. The third-order valence-corrected chi connectivity index (χ3v) is 4.56. The molecule has 1 saturated heterocycles. The molecule has 2 aromatic heterocycles. The molecule has 29 heavy (non-hydrogen) atoms. The molecule has 0 aliphatic carbocycles. The van der Waals surface area contributed by atoms with E-state index in [0.29, 0.717) is 11.0 Å². The van der Waals surface area contributed by atoms with Crippen molar-refractivity contribution in [2.75, 3.05) is 6.61 Å². The molecular formula is C17H17Cl2N3O7. The lowest BCUT2D eigenvalue weighted by atomic mass is 10.1. The predicted molar refractivity (Wildman–Crippen MR) is 99.2 cm³/mol. The van der Waals surface area contributed by atoms with Crippen LogP contribution in [0.1, 0.15) is 27.0 Å². The number of hydrogen-bond acceptors (Lipinski definition) is 9. The number of rotatable bonds is 5. The predicted octanol–water partition coefficient (Wildman–Crippen LogP) is 2.06. The molecule has 0 aromatic carbocycles. The van der Waals surface area contributed by atoms with Gasteiger partial charge in [0.15, 0.2) is 23.6 Å². The highest BCUT2D eigenvalue weighted by atomic mass is 35.5. The van der Waals surface area contributed by atoms with E-state index in [1.165, 1.54) is 37.7 Å². The number of fused-ring (bicyclic) bond motifs is 1. The average molecular weight is 446 g/mol. The highest BCUT2D eigenvalue weighted by molar-refractivity contribution is 6.36. The zero-order valence-corrected chi connectivity index (χ0v) is 17.1. The molecule has 12 heteroatoms. The standard InChI is InChI=1S/C17H17Cl2N3O7/c1-7(23)26-5-11-14(27-8(2)24)15(28-9(3)25)17(29-11)22-6-20-13-10(22)4-12(18)21-16(13)19/h4,6,11,14-15,17H,5H2,1-3H3/t11-,14-,15+,17+/m0/s1. The maximum atomic E-state index is 11.7. The van der Waals surface area contributed by atoms with Crippen molar-refractivity contribution in [2.24, 2.45) is 0 Å². The van der Waals surface area contributed by atoms with Crippen LogP contribution in [0.3, 0.4) is 0 Å². The Hall–Kier alpha value is -2.43. The Labute approximate surface area is 175 Å². The first-order valence-corrected chi connectivity index (χ1v) is 9.24. The minimum absolute atomic E-state index is 0.0845. The molecule has 10 nitrogen and oxygen atoms in total. The van der Waals surface area contributed by atoms with Crippen LogP contribution in [0.25, 0.3) is 11.0 Å². The Bertz CT molecular complexity index is 964. The molecule has 0 saturated carbocycles. The molecule has 0 bridgehead atoms. The second kappa shape index (κ2) is 8.52. The molecule has 2 aromatic rings. The molecular weight excluding hydrogens is 429 g/mol. The first kappa shape index (κ1) is 21.3. The zero-order chi connectivity index (χ0) is 21.3. The van der Waals surface area contributed by atoms with Gasteiger partial charge < -0.3 is 18.9 Å². The summed E-state index contributed by atoms with van der Waals surface area (Å²) >= 11 is 12.1. The van der Waals surface area contributed by atoms with Gasteiger partial charge in [0.25, 0.3) is 0 Å². The molecule has 0 radical (unpaired) electrons. The smallest absolute Gasteiger partial charge is 0.303 e. The van der Waals surface area contributed by atoms with Gasteiger partial charge in [-0.05, 0) is 0 Å². The molecule has 3 rings (SSSR count). The SMILES string of the molecule is CC(=O)OC[C@@H]1O[C@@H](n2cnc3c(Cl)nc(Cl)cc32)[C@H](OC(C)=O)[C@H]1OC(C)=O. The molecule has 3 heterocycles. The Kier molecular flexibility index (Phi) is 6.25. The molecule has 1 aliphatic rings. The van der Waals surface area contributed by atoms with Crippen molar-refractivity contribution in [2.45, 2.75) is 45.3 Å². The van der Waals surface area contributed by atoms with Crippen molar-refractivity contribution in [3.63, 3.8) is 0 Å². The number of aromatic nitrogens is 3. The van der Waals surface area contributed by atoms with E-state index in [1.54, 1.807) is 0 Å². The molecule has 1 fully saturated rings. The van der Waals surface area contributed by atoms with Crippen LogP contribution in [-0.2, 0) is 33.3 Å². The van der Waals surface area contributed by atoms with Crippen molar-refractivity contribution in [1.29, 1.82) is 0 Å². The van der Waals surface area contributed by atoms with Crippen LogP contribution in [-0.4, -0.2) is 57.4 Å². The fourth-order valence-corrected chi connectivity index (χ4v) is 3.55. The van der Waals surface area contributed by atoms with E-state index in [0.717, 1.165) is 0 Å². The highest BCUT2D eigenvalue weighted by Crippen LogP contribution is 2.37. The summed E-state index contributed by atoms with van der Waals surface area (Å²) in [6.45, 7) is 3.44. The third kappa shape index (κ3) is 4.60. The summed E-state index contributed by atoms with van der Waals surface area (Å²) in [5.41, 5.74) is 0.820. The van der Waals surface area contributed by atoms with Crippen LogP contribution in [0.4, 0.5) is 0 Å². The summed E-state index contributed by atoms with van der Waals surface area (Å²) in [6.07, 6.45) is -2.49. The maximum Gasteiger partial charge on any atom is 0.303 e. The number of imidazole rings is 1. The lowest BCUT2D eigenvalue weighted by Crippen LogP contribution is -2.40. The van der Waals surface area contributed by atoms with Gasteiger partial charge in [-0.25, -0.2) is 9.97 Å². The van der Waals surface area contributed by atoms with Gasteiger partial charge in [-0.3, -0.25) is 19.0 Å². The van der Waals surface area contributed by atoms with E-state index < -0.39 is 42.4 Å². The number of pyridine rings is 1. The molecule has 1 aliphatic heterocycles. The number of halogens is 2. The van der Waals surface area contributed by atoms with Crippen molar-refractivity contribution in [1.82, 2.24) is 14.5 Å². The summed E-state index contributed by atoms with van der Waals surface area (Å²) in [5.74, 6) is -1.77. The molecule has 0 unspecified atom stereocenters. The van der Waals surface area contributed by atoms with Gasteiger partial charge >= 0.3 is 17.9 Å². The highest BCUT2D eigenvalue weighted by Gasteiger charge is 2.50. The number of nitrogens with zero attached hydrogens (tertiary/aromatic N) is 3. The number of carbonyl (C=O) groups excluding carboxylic acids is 3. The van der Waals surface area contributed by atoms with Gasteiger partial charge in [0, 0.05) is 26.8 Å². The minimum atomic E-state index is -1.04. The van der Waals surface area contributed by atoms with Crippen LogP contribution >= 0.6 is 23.2 Å². The monoisotopic (exact) mass is 445 g/mol. The topological polar surface area (TPSA) is 119 Å². The summed E-state index contributed by atoms with van der Waals surface area (Å²) < 4.78 is 23.2. The largest absolute Gasteiger partial charge is 0.463 e. The van der Waals surface area contributed by atoms with Crippen LogP contribution in [0.5, 0.6) is 0 Å². The molecule has 0 N–H and O–H groups in total. The van der Waals surface area contributed by atoms with E-state index in [-0.39, 0.29) is 16.9 Å². The second-order valence-corrected chi connectivity index (χ2v) is 7.02. The zero-order valence-electron chi connectivity index (χ0n) is 15.6. The Morgan fingerprint density at radius 3 is 2.38 bits per heavy atom. The normalized spacial score (nSPS) is 23.8. The average Bonchev–Trinajstić information content (AvgIpc) is 3.15. The molecule has 4 atom stereocenters. The van der Waals surface area contributed by atoms with E-state index in [2.05, 4.69) is 9.97 Å². The van der Waals surface area contributed by atoms with Gasteiger partial charge in [0.2, 0.25) is 0 Å². The van der Waals surface area contributed by atoms with Crippen molar-refractivity contribution < 1.29 is 33.3 Å². The van der Waals surface area contributed by atoms with E-state index in [9.17, 15) is 14.4 Å². The van der Waals surface area contributed by atoms with Gasteiger partial charge in [-0.1, -0.05) is 23.2 Å². The minimum Gasteiger partial charge on any atom is -0.463 e. The number of esters is 3. The summed E-state index contributed by atoms with van der Waals surface area (Å²) in [6, 6.07) is 1.52. The van der Waals surface area contributed by atoms with Crippen LogP contribution in [0, 0.1) is 0 Å². The fraction of sp³-hybridized carbons (Fsp3) is 0.471. The van der Waals surface area contributed by atoms with Crippen LogP contribution < -0.4 is 0 Å². The van der Waals surface area contributed by atoms with Crippen molar-refractivity contribution in [3.05, 3.63) is 22.7 Å². The molecule has 0 amide bonds. The quantitative estimate of drug-likeness (QED) is 0.386. The van der Waals surface area contributed by atoms with Gasteiger partial charge in [-0.15, -0.1) is 0 Å². The summed E-state index contributed by atoms with van der Waals surface area (Å²) in [4.78, 5) is 42.7. The summed E-state index contributed by atoms with van der Waals surface area (Å²) in [7, 11) is 0. The van der Waals surface area contributed by atoms with Gasteiger partial charge in [-0.2, -0.15) is 0 Å². The van der Waals surface area contributed by atoms with Gasteiger partial charge in [0.1, 0.15) is 23.4 Å². The Balaban J connectivity index is 2.04. The third-order valence-electron chi connectivity index (χ3n) is 4.10. The fourth-order valence-electron chi connectivity index (χ4n) is 3.08. The summed E-state index contributed by atoms with van der Waals surface area (Å²) in [5, 5.41) is 0.209. The first-order chi connectivity index (χ1) is 13.7. The molecule has 0 spiro atoms. The number of ether oxygens (including phenoxy) is 4. The van der Waals surface area contributed by atoms with Crippen LogP contribution in [0.2, 0.25) is 10.3 Å². The van der Waals surface area contributed by atoms with E-state index >= 15 is 0 Å². The molecule has 156 valence electrons. The van der Waals surface area contributed by atoms with Crippen molar-refractivity contribution >= 4 is 52.1 Å². The lowest BCUT2D eigenvalue weighted by Gasteiger charge is -2.24. The van der Waals surface area contributed by atoms with Gasteiger partial charge in [0.05, 0.1) is 11.8 Å². The number of hydrogen-bond donors (Lipinski definition) is 0. The van der Waals surface area contributed by atoms with Crippen molar-refractivity contribution in [3.8, 4) is 0 Å². The van der Waals surface area contributed by atoms with Crippen LogP contribution in [0.15, 0.2) is 12.4 Å². The Morgan fingerprint density at radius 2 is 1.76 bits per heavy atom. The lowest BCUT2D eigenvalue weighted by molar-refractivity contribution is -0.166. The van der Waals surface area contributed by atoms with E-state index in [4.69, 9.17) is 42.1 Å². The first-order valence-electron chi connectivity index (χ1n) is 8.49. The second-order valence-electron chi connectivity index (χ2n) is 6.27. The van der Waals surface area contributed by atoms with E-state index in [1.807, 2.05) is 0 Å².